The highest BCUT2D eigenvalue weighted by Gasteiger charge is 2.23. The van der Waals surface area contributed by atoms with E-state index in [9.17, 15) is 24.2 Å². The van der Waals surface area contributed by atoms with Crippen molar-refractivity contribution in [2.24, 2.45) is 0 Å². The fourth-order valence-electron chi connectivity index (χ4n) is 6.94. The summed E-state index contributed by atoms with van der Waals surface area (Å²) in [5.41, 5.74) is 0. The van der Waals surface area contributed by atoms with E-state index in [-0.39, 0.29) is 32.1 Å². The van der Waals surface area contributed by atoms with Crippen LogP contribution in [0.15, 0.2) is 60.8 Å². The minimum absolute atomic E-state index is 0.0779. The van der Waals surface area contributed by atoms with E-state index in [0.29, 0.717) is 12.8 Å². The van der Waals surface area contributed by atoms with E-state index in [1.165, 1.54) is 122 Å². The van der Waals surface area contributed by atoms with Crippen LogP contribution >= 0.6 is 7.82 Å². The smallest absolute Gasteiger partial charge is 0.463 e. The molecule has 0 rings (SSSR count). The van der Waals surface area contributed by atoms with Gasteiger partial charge in [0.25, 0.3) is 0 Å². The number of nitrogens with one attached hydrogen (secondary N) is 1. The lowest BCUT2D eigenvalue weighted by atomic mass is 10.0. The molecule has 0 aromatic rings. The molecule has 9 nitrogen and oxygen atoms in total. The van der Waals surface area contributed by atoms with E-state index in [1.54, 1.807) is 0 Å². The number of aliphatic hydroxyl groups excluding tert-OH is 1. The van der Waals surface area contributed by atoms with Crippen molar-refractivity contribution in [3.63, 3.8) is 0 Å². The summed E-state index contributed by atoms with van der Waals surface area (Å²) < 4.78 is 26.9. The molecule has 0 fully saturated rings. The molecule has 2 unspecified atom stereocenters. The monoisotopic (exact) mass is 892 g/mol. The topological polar surface area (TPSA) is 131 Å². The number of phosphoric ester groups is 1. The zero-order valence-corrected chi connectivity index (χ0v) is 40.7. The van der Waals surface area contributed by atoms with Crippen molar-refractivity contribution in [2.75, 3.05) is 26.4 Å². The van der Waals surface area contributed by atoms with E-state index in [2.05, 4.69) is 79.9 Å². The molecule has 0 saturated heterocycles. The predicted molar refractivity (Wildman–Crippen MR) is 261 cm³/mol. The zero-order chi connectivity index (χ0) is 45.3. The molecule has 10 heteroatoms. The lowest BCUT2D eigenvalue weighted by Crippen LogP contribution is -2.27. The molecule has 0 aliphatic rings. The fourth-order valence-corrected chi connectivity index (χ4v) is 7.69. The number of ether oxygens (including phenoxy) is 1. The second kappa shape index (κ2) is 48.2. The van der Waals surface area contributed by atoms with Crippen molar-refractivity contribution in [1.29, 1.82) is 0 Å². The molecule has 2 atom stereocenters. The molecule has 0 radical (unpaired) electrons. The summed E-state index contributed by atoms with van der Waals surface area (Å²) in [4.78, 5) is 34.0. The molecular weight excluding hydrogens is 798 g/mol. The predicted octanol–water partition coefficient (Wildman–Crippen LogP) is 14.8. The van der Waals surface area contributed by atoms with Crippen molar-refractivity contribution in [3.8, 4) is 0 Å². The maximum atomic E-state index is 12.1. The first-order chi connectivity index (χ1) is 30.3. The van der Waals surface area contributed by atoms with Crippen LogP contribution in [0.3, 0.4) is 0 Å². The molecule has 3 N–H and O–H groups in total. The number of hydrogen-bond donors (Lipinski definition) is 3. The van der Waals surface area contributed by atoms with Gasteiger partial charge in [0.1, 0.15) is 12.7 Å². The van der Waals surface area contributed by atoms with Crippen LogP contribution in [-0.2, 0) is 27.9 Å². The quantitative estimate of drug-likeness (QED) is 0.0238. The van der Waals surface area contributed by atoms with Gasteiger partial charge in [0.2, 0.25) is 5.91 Å². The van der Waals surface area contributed by atoms with Crippen LogP contribution in [0.25, 0.3) is 0 Å². The molecule has 0 aromatic heterocycles. The molecule has 0 aromatic carbocycles. The number of esters is 1. The summed E-state index contributed by atoms with van der Waals surface area (Å²) >= 11 is 0. The third-order valence-electron chi connectivity index (χ3n) is 10.7. The van der Waals surface area contributed by atoms with Gasteiger partial charge in [-0.15, -0.1) is 0 Å². The van der Waals surface area contributed by atoms with Gasteiger partial charge in [-0.3, -0.25) is 18.6 Å². The molecule has 62 heavy (non-hydrogen) atoms. The summed E-state index contributed by atoms with van der Waals surface area (Å²) in [5, 5.41) is 12.7. The van der Waals surface area contributed by atoms with Crippen LogP contribution in [-0.4, -0.2) is 54.3 Å². The third-order valence-corrected chi connectivity index (χ3v) is 11.7. The number of rotatable bonds is 47. The maximum absolute atomic E-state index is 12.1. The number of carbonyl (C=O) groups is 2. The average molecular weight is 892 g/mol. The number of unbranched alkanes of at least 4 members (excludes halogenated alkanes) is 24. The summed E-state index contributed by atoms with van der Waals surface area (Å²) in [6.45, 7) is 3.43. The molecule has 0 saturated carbocycles. The Labute approximate surface area is 380 Å². The van der Waals surface area contributed by atoms with Gasteiger partial charge < -0.3 is 20.1 Å². The highest BCUT2D eigenvalue weighted by molar-refractivity contribution is 7.47. The summed E-state index contributed by atoms with van der Waals surface area (Å²) in [6.07, 6.45) is 58.8. The van der Waals surface area contributed by atoms with Crippen LogP contribution in [0, 0.1) is 0 Å². The minimum Gasteiger partial charge on any atom is -0.463 e. The van der Waals surface area contributed by atoms with Gasteiger partial charge in [-0.25, -0.2) is 4.57 Å². The lowest BCUT2D eigenvalue weighted by molar-refractivity contribution is -0.147. The lowest BCUT2D eigenvalue weighted by Gasteiger charge is -2.15. The van der Waals surface area contributed by atoms with Crippen molar-refractivity contribution in [2.45, 2.75) is 232 Å². The maximum Gasteiger partial charge on any atom is 0.472 e. The van der Waals surface area contributed by atoms with Crippen LogP contribution in [0.2, 0.25) is 0 Å². The van der Waals surface area contributed by atoms with Gasteiger partial charge in [-0.05, 0) is 57.8 Å². The molecule has 360 valence electrons. The summed E-state index contributed by atoms with van der Waals surface area (Å²) in [6, 6.07) is 0. The normalized spacial score (nSPS) is 13.7. The Hall–Kier alpha value is -2.29. The van der Waals surface area contributed by atoms with E-state index in [4.69, 9.17) is 13.8 Å². The third kappa shape index (κ3) is 48.7. The number of amides is 1. The van der Waals surface area contributed by atoms with Gasteiger partial charge in [0.15, 0.2) is 0 Å². The van der Waals surface area contributed by atoms with Crippen molar-refractivity contribution in [1.82, 2.24) is 5.32 Å². The average Bonchev–Trinajstić information content (AvgIpc) is 3.26. The van der Waals surface area contributed by atoms with Gasteiger partial charge in [0, 0.05) is 19.4 Å². The first-order valence-electron chi connectivity index (χ1n) is 25.3. The molecule has 0 aliphatic heterocycles. The van der Waals surface area contributed by atoms with Crippen LogP contribution in [0.4, 0.5) is 0 Å². The Kier molecular flexibility index (Phi) is 46.4. The van der Waals surface area contributed by atoms with Crippen molar-refractivity contribution >= 4 is 19.7 Å². The highest BCUT2D eigenvalue weighted by atomic mass is 31.2. The second-order valence-electron chi connectivity index (χ2n) is 16.8. The van der Waals surface area contributed by atoms with E-state index < -0.39 is 26.5 Å². The first-order valence-corrected chi connectivity index (χ1v) is 26.8. The molecule has 0 bridgehead atoms. The molecule has 0 spiro atoms. The molecular formula is C52H94NO8P. The highest BCUT2D eigenvalue weighted by Crippen LogP contribution is 2.42. The Morgan fingerprint density at radius 2 is 0.919 bits per heavy atom. The van der Waals surface area contributed by atoms with E-state index >= 15 is 0 Å². The van der Waals surface area contributed by atoms with E-state index in [0.717, 1.165) is 70.6 Å². The number of phosphoric acid groups is 1. The minimum atomic E-state index is -4.43. The van der Waals surface area contributed by atoms with Crippen molar-refractivity contribution < 1.29 is 37.9 Å². The standard InChI is InChI=1S/C52H94NO8P/c1-3-5-7-9-11-13-15-17-19-21-23-24-25-27-28-30-32-34-36-38-40-42-44-51(55)53-46-47-60-62(57,58)61-49-50(54)48-59-52(56)45-43-41-39-37-35-33-31-29-26-22-20-18-16-14-12-10-8-6-4-2/h6,8,12,14,18,20,26,29,33,35,50,54H,3-5,7,9-11,13,15-17,19,21-25,27-28,30-32,34,36-49H2,1-2H3,(H,53,55)(H,57,58)/b8-6-,14-12-,20-18-,29-26-,35-33-. The van der Waals surface area contributed by atoms with Crippen LogP contribution in [0.1, 0.15) is 226 Å². The SMILES string of the molecule is CC/C=C\C/C=C\C/C=C\C/C=C\C/C=C\CCCCCC(=O)OCC(O)COP(=O)(O)OCCNC(=O)CCCCCCCCCCCCCCCCCCCCCCCC. The largest absolute Gasteiger partial charge is 0.472 e. The van der Waals surface area contributed by atoms with Gasteiger partial charge in [-0.2, -0.15) is 0 Å². The van der Waals surface area contributed by atoms with Gasteiger partial charge in [-0.1, -0.05) is 216 Å². The Balaban J connectivity index is 3.59. The van der Waals surface area contributed by atoms with E-state index in [1.807, 2.05) is 0 Å². The number of allylic oxidation sites excluding steroid dienone is 10. The Bertz CT molecular complexity index is 1200. The van der Waals surface area contributed by atoms with Crippen LogP contribution < -0.4 is 5.32 Å². The van der Waals surface area contributed by atoms with Crippen LogP contribution in [0.5, 0.6) is 0 Å². The molecule has 1 amide bonds. The zero-order valence-electron chi connectivity index (χ0n) is 39.8. The Morgan fingerprint density at radius 1 is 0.516 bits per heavy atom. The van der Waals surface area contributed by atoms with Gasteiger partial charge in [0.05, 0.1) is 13.2 Å². The number of carbonyl (C=O) groups excluding carboxylic acids is 2. The Morgan fingerprint density at radius 3 is 1.39 bits per heavy atom. The number of hydrogen-bond acceptors (Lipinski definition) is 7. The molecule has 0 heterocycles. The molecule has 0 aliphatic carbocycles. The summed E-state index contributed by atoms with van der Waals surface area (Å²) in [5.74, 6) is -0.545. The second-order valence-corrected chi connectivity index (χ2v) is 18.2. The van der Waals surface area contributed by atoms with Gasteiger partial charge >= 0.3 is 13.8 Å². The first kappa shape index (κ1) is 59.7. The van der Waals surface area contributed by atoms with Crippen molar-refractivity contribution in [3.05, 3.63) is 60.8 Å². The fraction of sp³-hybridized carbons (Fsp3) is 0.769. The number of aliphatic hydroxyl groups is 1. The summed E-state index contributed by atoms with van der Waals surface area (Å²) in [7, 11) is -4.43.